The minimum atomic E-state index is -0.872. The Morgan fingerprint density at radius 2 is 1.84 bits per heavy atom. The van der Waals surface area contributed by atoms with E-state index in [1.54, 1.807) is 12.1 Å². The third kappa shape index (κ3) is 5.31. The number of hydrogen-bond acceptors (Lipinski definition) is 4. The molecule has 2 saturated heterocycles. The summed E-state index contributed by atoms with van der Waals surface area (Å²) in [4.78, 5) is 21.2. The third-order valence-electron chi connectivity index (χ3n) is 9.20. The Labute approximate surface area is 226 Å². The van der Waals surface area contributed by atoms with Gasteiger partial charge in [-0.15, -0.1) is 0 Å². The van der Waals surface area contributed by atoms with Crippen molar-refractivity contribution in [2.24, 2.45) is 17.8 Å². The van der Waals surface area contributed by atoms with E-state index in [1.807, 2.05) is 6.07 Å². The molecule has 0 aromatic heterocycles. The molecule has 1 aliphatic carbocycles. The molecule has 5 nitrogen and oxygen atoms in total. The molecule has 2 aliphatic heterocycles. The largest absolute Gasteiger partial charge is 0.462 e. The molecule has 0 bridgehead atoms. The molecule has 1 unspecified atom stereocenters. The van der Waals surface area contributed by atoms with Gasteiger partial charge < -0.3 is 19.4 Å². The zero-order valence-electron chi connectivity index (χ0n) is 22.7. The first kappa shape index (κ1) is 26.7. The number of rotatable bonds is 8. The Morgan fingerprint density at radius 1 is 1.11 bits per heavy atom. The molecule has 5 rings (SSSR count). The highest BCUT2D eigenvalue weighted by Gasteiger charge is 2.58. The first-order valence-electron chi connectivity index (χ1n) is 14.3. The summed E-state index contributed by atoms with van der Waals surface area (Å²) in [6.45, 7) is 17.3. The molecule has 0 N–H and O–H groups in total. The number of carbonyl (C=O) groups excluding carboxylic acids is 1. The van der Waals surface area contributed by atoms with E-state index in [9.17, 15) is 9.18 Å². The lowest BCUT2D eigenvalue weighted by atomic mass is 9.65. The zero-order valence-corrected chi connectivity index (χ0v) is 22.7. The van der Waals surface area contributed by atoms with Crippen molar-refractivity contribution in [3.63, 3.8) is 0 Å². The number of carbonyl (C=O) groups is 1. The zero-order chi connectivity index (χ0) is 26.7. The van der Waals surface area contributed by atoms with Crippen molar-refractivity contribution in [3.05, 3.63) is 76.9 Å². The lowest BCUT2D eigenvalue weighted by Crippen LogP contribution is -2.54. The number of aryl methyl sites for hydroxylation is 1. The Kier molecular flexibility index (Phi) is 8.04. The number of nitrogens with zero attached hydrogens (tertiary/aromatic N) is 3. The van der Waals surface area contributed by atoms with Crippen LogP contribution in [0.25, 0.3) is 4.85 Å². The minimum absolute atomic E-state index is 0.106. The Morgan fingerprint density at radius 3 is 2.47 bits per heavy atom. The summed E-state index contributed by atoms with van der Waals surface area (Å²) in [7, 11) is 0. The molecule has 3 aliphatic rings. The number of anilines is 1. The van der Waals surface area contributed by atoms with Gasteiger partial charge in [0.15, 0.2) is 0 Å². The lowest BCUT2D eigenvalue weighted by Gasteiger charge is -2.46. The molecule has 2 aromatic carbocycles. The molecule has 0 radical (unpaired) electrons. The predicted molar refractivity (Wildman–Crippen MR) is 148 cm³/mol. The average molecular weight is 518 g/mol. The number of likely N-dealkylation sites (tertiary alicyclic amines) is 1. The summed E-state index contributed by atoms with van der Waals surface area (Å²) < 4.78 is 20.2. The summed E-state index contributed by atoms with van der Waals surface area (Å²) >= 11 is 0. The predicted octanol–water partition coefficient (Wildman–Crippen LogP) is 6.08. The quantitative estimate of drug-likeness (QED) is 0.314. The second-order valence-corrected chi connectivity index (χ2v) is 11.5. The second-order valence-electron chi connectivity index (χ2n) is 11.5. The topological polar surface area (TPSA) is 37.1 Å². The fourth-order valence-electron chi connectivity index (χ4n) is 7.27. The Bertz CT molecular complexity index is 1150. The van der Waals surface area contributed by atoms with Crippen LogP contribution >= 0.6 is 0 Å². The number of hydrogen-bond donors (Lipinski definition) is 0. The molecule has 6 heteroatoms. The first-order chi connectivity index (χ1) is 18.4. The van der Waals surface area contributed by atoms with Crippen LogP contribution in [0.15, 0.2) is 48.5 Å². The molecular formula is C32H40FN3O2. The highest BCUT2D eigenvalue weighted by Crippen LogP contribution is 2.52. The summed E-state index contributed by atoms with van der Waals surface area (Å²) in [6, 6.07) is 15.5. The van der Waals surface area contributed by atoms with Crippen LogP contribution < -0.4 is 4.90 Å². The maximum atomic E-state index is 14.4. The van der Waals surface area contributed by atoms with Gasteiger partial charge in [0.1, 0.15) is 11.9 Å². The SMILES string of the molecule is [C-]#[N+]C(c1cccc(F)c1)(C1CCN(CC2CN(c3ccc(CC)cc3)C2)CC1)[C@H]1CCC[C@@H]1OC(C)=O. The fourth-order valence-corrected chi connectivity index (χ4v) is 7.27. The first-order valence-corrected chi connectivity index (χ1v) is 14.3. The van der Waals surface area contributed by atoms with E-state index in [1.165, 1.54) is 24.2 Å². The van der Waals surface area contributed by atoms with Crippen molar-refractivity contribution >= 4 is 11.7 Å². The van der Waals surface area contributed by atoms with Gasteiger partial charge in [-0.25, -0.2) is 11.0 Å². The number of ether oxygens (including phenoxy) is 1. The smallest absolute Gasteiger partial charge is 0.302 e. The molecule has 0 amide bonds. The van der Waals surface area contributed by atoms with Gasteiger partial charge in [0.05, 0.1) is 5.92 Å². The monoisotopic (exact) mass is 517 g/mol. The number of piperidine rings is 1. The number of halogens is 1. The van der Waals surface area contributed by atoms with Crippen molar-refractivity contribution in [1.29, 1.82) is 0 Å². The van der Waals surface area contributed by atoms with E-state index in [-0.39, 0.29) is 29.7 Å². The van der Waals surface area contributed by atoms with Gasteiger partial charge in [-0.2, -0.15) is 0 Å². The maximum Gasteiger partial charge on any atom is 0.302 e. The normalized spacial score (nSPS) is 24.4. The van der Waals surface area contributed by atoms with E-state index in [0.717, 1.165) is 76.8 Å². The van der Waals surface area contributed by atoms with Gasteiger partial charge in [-0.1, -0.05) is 31.2 Å². The maximum absolute atomic E-state index is 14.4. The van der Waals surface area contributed by atoms with E-state index in [0.29, 0.717) is 5.92 Å². The van der Waals surface area contributed by atoms with Gasteiger partial charge in [-0.05, 0) is 81.4 Å². The number of esters is 1. The van der Waals surface area contributed by atoms with Gasteiger partial charge >= 0.3 is 5.97 Å². The highest BCUT2D eigenvalue weighted by molar-refractivity contribution is 5.66. The molecule has 2 aromatic rings. The molecule has 1 saturated carbocycles. The summed E-state index contributed by atoms with van der Waals surface area (Å²) in [6.07, 6.45) is 5.11. The van der Waals surface area contributed by atoms with E-state index in [4.69, 9.17) is 11.3 Å². The van der Waals surface area contributed by atoms with Crippen LogP contribution in [0.1, 0.15) is 57.1 Å². The highest BCUT2D eigenvalue weighted by atomic mass is 19.1. The van der Waals surface area contributed by atoms with Crippen LogP contribution in [0.3, 0.4) is 0 Å². The van der Waals surface area contributed by atoms with E-state index in [2.05, 4.69) is 45.8 Å². The van der Waals surface area contributed by atoms with Gasteiger partial charge in [0.25, 0.3) is 5.54 Å². The average Bonchev–Trinajstić information content (AvgIpc) is 3.35. The van der Waals surface area contributed by atoms with Crippen molar-refractivity contribution < 1.29 is 13.9 Å². The van der Waals surface area contributed by atoms with Crippen molar-refractivity contribution in [3.8, 4) is 0 Å². The second kappa shape index (κ2) is 11.5. The van der Waals surface area contributed by atoms with Crippen LogP contribution in [0.4, 0.5) is 10.1 Å². The van der Waals surface area contributed by atoms with Crippen LogP contribution in [-0.4, -0.2) is 49.7 Å². The van der Waals surface area contributed by atoms with Crippen LogP contribution in [-0.2, 0) is 21.5 Å². The van der Waals surface area contributed by atoms with Gasteiger partial charge in [0, 0.05) is 49.6 Å². The molecule has 38 heavy (non-hydrogen) atoms. The van der Waals surface area contributed by atoms with Crippen LogP contribution in [0.2, 0.25) is 0 Å². The number of benzene rings is 2. The minimum Gasteiger partial charge on any atom is -0.462 e. The Hall–Kier alpha value is -2.91. The molecule has 3 fully saturated rings. The van der Waals surface area contributed by atoms with E-state index < -0.39 is 5.54 Å². The molecule has 2 heterocycles. The lowest BCUT2D eigenvalue weighted by molar-refractivity contribution is -0.149. The van der Waals surface area contributed by atoms with Crippen LogP contribution in [0.5, 0.6) is 0 Å². The summed E-state index contributed by atoms with van der Waals surface area (Å²) in [5.74, 6) is 0.0460. The van der Waals surface area contributed by atoms with Gasteiger partial charge in [0.2, 0.25) is 0 Å². The molecular weight excluding hydrogens is 477 g/mol. The van der Waals surface area contributed by atoms with Gasteiger partial charge in [-0.3, -0.25) is 4.79 Å². The summed E-state index contributed by atoms with van der Waals surface area (Å²) in [5, 5.41) is 0. The molecule has 202 valence electrons. The fraction of sp³-hybridized carbons (Fsp3) is 0.562. The Balaban J connectivity index is 1.25. The van der Waals surface area contributed by atoms with Crippen molar-refractivity contribution in [2.45, 2.75) is 64.0 Å². The van der Waals surface area contributed by atoms with Crippen molar-refractivity contribution in [1.82, 2.24) is 4.90 Å². The van der Waals surface area contributed by atoms with E-state index >= 15 is 0 Å². The van der Waals surface area contributed by atoms with Crippen molar-refractivity contribution in [2.75, 3.05) is 37.6 Å². The van der Waals surface area contributed by atoms with Crippen LogP contribution in [0, 0.1) is 30.1 Å². The molecule has 0 spiro atoms. The summed E-state index contributed by atoms with van der Waals surface area (Å²) in [5.41, 5.74) is 2.56. The standard InChI is InChI=1S/C32H40FN3O2/c1-4-24-11-13-29(14-12-24)36-21-25(22-36)20-35-17-15-26(16-18-35)32(34-3,27-7-5-8-28(33)19-27)30-9-6-10-31(30)38-23(2)37/h5,7-8,11-14,19,25-26,30-31H,4,6,9-10,15-18,20-22H2,1-2H3/t30-,31-,32?/m0/s1. The third-order valence-corrected chi connectivity index (χ3v) is 9.20. The molecule has 3 atom stereocenters.